The average molecular weight is 447 g/mol. The minimum atomic E-state index is -4.94. The van der Waals surface area contributed by atoms with E-state index in [0.29, 0.717) is 25.2 Å². The van der Waals surface area contributed by atoms with Gasteiger partial charge in [-0.3, -0.25) is 15.2 Å². The monoisotopic (exact) mass is 447 g/mol. The van der Waals surface area contributed by atoms with Crippen LogP contribution in [-0.4, -0.2) is 54.5 Å². The number of carbonyl (C=O) groups is 1. The Kier molecular flexibility index (Phi) is 5.15. The summed E-state index contributed by atoms with van der Waals surface area (Å²) < 4.78 is 78.3. The van der Waals surface area contributed by atoms with Gasteiger partial charge in [-0.2, -0.15) is 26.3 Å². The summed E-state index contributed by atoms with van der Waals surface area (Å²) in [6.07, 6.45) is -6.27. The van der Waals surface area contributed by atoms with E-state index in [4.69, 9.17) is 0 Å². The van der Waals surface area contributed by atoms with Gasteiger partial charge in [-0.15, -0.1) is 0 Å². The molecule has 12 heteroatoms. The molecule has 1 aromatic carbocycles. The highest BCUT2D eigenvalue weighted by atomic mass is 19.4. The third-order valence-corrected chi connectivity index (χ3v) is 5.64. The van der Waals surface area contributed by atoms with E-state index < -0.39 is 23.5 Å². The third kappa shape index (κ3) is 4.48. The number of benzene rings is 1. The van der Waals surface area contributed by atoms with Crippen LogP contribution < -0.4 is 10.7 Å². The molecular formula is C19H19F6N5O. The lowest BCUT2D eigenvalue weighted by Crippen LogP contribution is -2.55. The van der Waals surface area contributed by atoms with Crippen molar-refractivity contribution in [2.75, 3.05) is 32.8 Å². The number of rotatable bonds is 3. The molecule has 1 aromatic rings. The van der Waals surface area contributed by atoms with Crippen LogP contribution in [0.4, 0.5) is 26.3 Å². The molecular weight excluding hydrogens is 428 g/mol. The Hall–Kier alpha value is -2.76. The smallest absolute Gasteiger partial charge is 0.338 e. The number of amidine groups is 1. The van der Waals surface area contributed by atoms with Crippen LogP contribution in [0.5, 0.6) is 0 Å². The van der Waals surface area contributed by atoms with Crippen LogP contribution in [-0.2, 0) is 17.1 Å². The molecule has 1 spiro atoms. The predicted molar refractivity (Wildman–Crippen MR) is 98.5 cm³/mol. The first-order valence-electron chi connectivity index (χ1n) is 9.51. The van der Waals surface area contributed by atoms with Crippen molar-refractivity contribution >= 4 is 11.7 Å². The highest BCUT2D eigenvalue weighted by molar-refractivity contribution is 5.99. The molecule has 0 unspecified atom stereocenters. The Morgan fingerprint density at radius 3 is 2.23 bits per heavy atom. The minimum absolute atomic E-state index is 0.0649. The van der Waals surface area contributed by atoms with Gasteiger partial charge in [0.25, 0.3) is 0 Å². The second-order valence-corrected chi connectivity index (χ2v) is 7.95. The topological polar surface area (TPSA) is 60.0 Å². The van der Waals surface area contributed by atoms with Crippen molar-refractivity contribution in [3.05, 3.63) is 47.2 Å². The third-order valence-electron chi connectivity index (χ3n) is 5.64. The van der Waals surface area contributed by atoms with Crippen molar-refractivity contribution in [2.45, 2.75) is 18.8 Å². The minimum Gasteiger partial charge on any atom is -0.338 e. The molecule has 1 amide bonds. The van der Waals surface area contributed by atoms with Crippen LogP contribution in [0.2, 0.25) is 0 Å². The van der Waals surface area contributed by atoms with Gasteiger partial charge in [0.2, 0.25) is 5.91 Å². The maximum atomic E-state index is 13.0. The van der Waals surface area contributed by atoms with Crippen LogP contribution in [0.15, 0.2) is 35.5 Å². The van der Waals surface area contributed by atoms with E-state index in [1.165, 1.54) is 17.3 Å². The van der Waals surface area contributed by atoms with Crippen molar-refractivity contribution in [1.82, 2.24) is 20.7 Å². The zero-order valence-electron chi connectivity index (χ0n) is 16.1. The standard InChI is InChI=1S/C19H19F6N5O/c20-18(21,22)13-5-12(6-14(7-13)19(23,24)25)16-27-11-30(28-16)3-1-15(31)29-4-2-17(10-29)8-26-9-17/h1,3,5-7,26H,2,4,8-11H2,(H,27,28)/b3-1-. The van der Waals surface area contributed by atoms with Gasteiger partial charge in [-0.05, 0) is 24.6 Å². The highest BCUT2D eigenvalue weighted by Crippen LogP contribution is 2.37. The Balaban J connectivity index is 1.43. The number of nitrogens with one attached hydrogen (secondary N) is 2. The number of hydrogen-bond acceptors (Lipinski definition) is 5. The van der Waals surface area contributed by atoms with E-state index in [-0.39, 0.29) is 35.5 Å². The molecule has 4 rings (SSSR count). The van der Waals surface area contributed by atoms with Crippen molar-refractivity contribution in [1.29, 1.82) is 0 Å². The molecule has 168 valence electrons. The number of hydrogen-bond donors (Lipinski definition) is 2. The lowest BCUT2D eigenvalue weighted by molar-refractivity contribution is -0.143. The van der Waals surface area contributed by atoms with Crippen LogP contribution in [0.3, 0.4) is 0 Å². The first-order chi connectivity index (χ1) is 14.5. The van der Waals surface area contributed by atoms with Crippen LogP contribution in [0.25, 0.3) is 0 Å². The van der Waals surface area contributed by atoms with Crippen molar-refractivity contribution in [3.8, 4) is 0 Å². The van der Waals surface area contributed by atoms with Crippen LogP contribution in [0, 0.1) is 5.41 Å². The SMILES string of the molecule is O=C(/C=C\N1CN=C(c2cc(C(F)(F)F)cc(C(F)(F)F)c2)N1)N1CCC2(CNC2)C1. The van der Waals surface area contributed by atoms with Gasteiger partial charge in [0.15, 0.2) is 0 Å². The van der Waals surface area contributed by atoms with E-state index in [2.05, 4.69) is 15.7 Å². The number of hydrazine groups is 1. The summed E-state index contributed by atoms with van der Waals surface area (Å²) in [7, 11) is 0. The second-order valence-electron chi connectivity index (χ2n) is 7.95. The summed E-state index contributed by atoms with van der Waals surface area (Å²) in [5, 5.41) is 4.51. The van der Waals surface area contributed by atoms with E-state index >= 15 is 0 Å². The summed E-state index contributed by atoms with van der Waals surface area (Å²) in [5.41, 5.74) is -0.404. The molecule has 6 nitrogen and oxygen atoms in total. The summed E-state index contributed by atoms with van der Waals surface area (Å²) in [5.74, 6) is -0.355. The summed E-state index contributed by atoms with van der Waals surface area (Å²) in [6.45, 7) is 2.99. The van der Waals surface area contributed by atoms with E-state index in [0.717, 1.165) is 19.5 Å². The molecule has 31 heavy (non-hydrogen) atoms. The molecule has 0 bridgehead atoms. The van der Waals surface area contributed by atoms with E-state index in [1.54, 1.807) is 4.90 Å². The fourth-order valence-electron chi connectivity index (χ4n) is 3.84. The normalized spacial score (nSPS) is 20.9. The van der Waals surface area contributed by atoms with E-state index in [1.807, 2.05) is 0 Å². The Morgan fingerprint density at radius 2 is 1.71 bits per heavy atom. The molecule has 0 aromatic heterocycles. The van der Waals surface area contributed by atoms with Gasteiger partial charge in [0, 0.05) is 49.4 Å². The maximum absolute atomic E-state index is 13.0. The lowest BCUT2D eigenvalue weighted by atomic mass is 9.81. The largest absolute Gasteiger partial charge is 0.416 e. The fourth-order valence-corrected chi connectivity index (χ4v) is 3.84. The number of alkyl halides is 6. The van der Waals surface area contributed by atoms with Crippen molar-refractivity contribution < 1.29 is 31.1 Å². The number of nitrogens with zero attached hydrogens (tertiary/aromatic N) is 3. The zero-order chi connectivity index (χ0) is 22.4. The predicted octanol–water partition coefficient (Wildman–Crippen LogP) is 2.58. The van der Waals surface area contributed by atoms with Gasteiger partial charge in [0.1, 0.15) is 12.5 Å². The number of halogens is 6. The average Bonchev–Trinajstić information content (AvgIpc) is 3.32. The number of amides is 1. The van der Waals surface area contributed by atoms with Gasteiger partial charge >= 0.3 is 12.4 Å². The zero-order valence-corrected chi connectivity index (χ0v) is 16.1. The molecule has 0 saturated carbocycles. The molecule has 0 atom stereocenters. The summed E-state index contributed by atoms with van der Waals surface area (Å²) in [6, 6.07) is 1.28. The Labute approximate surface area is 173 Å². The molecule has 3 aliphatic rings. The molecule has 3 aliphatic heterocycles. The Morgan fingerprint density at radius 1 is 1.06 bits per heavy atom. The van der Waals surface area contributed by atoms with Gasteiger partial charge < -0.3 is 10.2 Å². The highest BCUT2D eigenvalue weighted by Gasteiger charge is 2.44. The maximum Gasteiger partial charge on any atom is 0.416 e. The fraction of sp³-hybridized carbons (Fsp3) is 0.474. The molecule has 0 aliphatic carbocycles. The van der Waals surface area contributed by atoms with Gasteiger partial charge in [-0.1, -0.05) is 0 Å². The van der Waals surface area contributed by atoms with Crippen molar-refractivity contribution in [2.24, 2.45) is 10.4 Å². The number of aliphatic imine (C=N–C) groups is 1. The van der Waals surface area contributed by atoms with Gasteiger partial charge in [0.05, 0.1) is 11.1 Å². The van der Waals surface area contributed by atoms with Gasteiger partial charge in [-0.25, -0.2) is 4.99 Å². The van der Waals surface area contributed by atoms with Crippen LogP contribution in [0.1, 0.15) is 23.1 Å². The molecule has 3 heterocycles. The molecule has 2 saturated heterocycles. The molecule has 0 radical (unpaired) electrons. The first-order valence-corrected chi connectivity index (χ1v) is 9.51. The number of likely N-dealkylation sites (tertiary alicyclic amines) is 1. The number of carbonyl (C=O) groups excluding carboxylic acids is 1. The Bertz CT molecular complexity index is 902. The first kappa shape index (κ1) is 21.5. The molecule has 2 fully saturated rings. The summed E-state index contributed by atoms with van der Waals surface area (Å²) in [4.78, 5) is 18.1. The lowest BCUT2D eigenvalue weighted by Gasteiger charge is -2.38. The van der Waals surface area contributed by atoms with Crippen LogP contribution >= 0.6 is 0 Å². The van der Waals surface area contributed by atoms with E-state index in [9.17, 15) is 31.1 Å². The summed E-state index contributed by atoms with van der Waals surface area (Å²) >= 11 is 0. The quantitative estimate of drug-likeness (QED) is 0.553. The second kappa shape index (κ2) is 7.43. The van der Waals surface area contributed by atoms with Crippen molar-refractivity contribution in [3.63, 3.8) is 0 Å². The molecule has 2 N–H and O–H groups in total.